The Hall–Kier alpha value is -0.490. The number of hydrogen-bond donors (Lipinski definition) is 1. The van der Waals surface area contributed by atoms with Crippen LogP contribution in [0.4, 0.5) is 0 Å². The summed E-state index contributed by atoms with van der Waals surface area (Å²) >= 11 is 11.9. The molecule has 0 aliphatic heterocycles. The molecule has 0 spiro atoms. The second-order valence-corrected chi connectivity index (χ2v) is 7.33. The van der Waals surface area contributed by atoms with Crippen LogP contribution in [-0.2, 0) is 16.4 Å². The number of benzene rings is 1. The topological polar surface area (TPSA) is 69.4 Å². The maximum absolute atomic E-state index is 11.3. The third-order valence-electron chi connectivity index (χ3n) is 2.59. The summed E-state index contributed by atoms with van der Waals surface area (Å²) < 4.78 is 28.2. The van der Waals surface area contributed by atoms with Gasteiger partial charge in [0.15, 0.2) is 0 Å². The quantitative estimate of drug-likeness (QED) is 0.782. The molecule has 0 fully saturated rings. The first-order valence-electron chi connectivity index (χ1n) is 5.91. The van der Waals surface area contributed by atoms with Crippen LogP contribution >= 0.6 is 23.2 Å². The van der Waals surface area contributed by atoms with Gasteiger partial charge in [-0.05, 0) is 18.6 Å². The molecule has 19 heavy (non-hydrogen) atoms. The van der Waals surface area contributed by atoms with Gasteiger partial charge in [0.1, 0.15) is 15.6 Å². The van der Waals surface area contributed by atoms with Crippen LogP contribution in [-0.4, -0.2) is 26.5 Å². The molecule has 0 aromatic heterocycles. The lowest BCUT2D eigenvalue weighted by molar-refractivity contribution is 0.314. The molecule has 4 nitrogen and oxygen atoms in total. The summed E-state index contributed by atoms with van der Waals surface area (Å²) in [6, 6.07) is 3.26. The first-order valence-corrected chi connectivity index (χ1v) is 8.48. The van der Waals surface area contributed by atoms with Gasteiger partial charge in [0.25, 0.3) is 0 Å². The lowest BCUT2D eigenvalue weighted by Gasteiger charge is -2.12. The molecule has 108 valence electrons. The molecule has 7 heteroatoms. The molecular formula is C12H17Cl2NO3S. The summed E-state index contributed by atoms with van der Waals surface area (Å²) in [7, 11) is -2.97. The van der Waals surface area contributed by atoms with Crippen molar-refractivity contribution in [1.82, 2.24) is 0 Å². The van der Waals surface area contributed by atoms with E-state index in [1.807, 2.05) is 0 Å². The van der Waals surface area contributed by atoms with Crippen LogP contribution in [0.2, 0.25) is 10.0 Å². The number of ether oxygens (including phenoxy) is 1. The van der Waals surface area contributed by atoms with Crippen molar-refractivity contribution in [1.29, 1.82) is 0 Å². The number of halogens is 2. The van der Waals surface area contributed by atoms with Crippen molar-refractivity contribution in [2.75, 3.05) is 18.1 Å². The minimum Gasteiger partial charge on any atom is -0.492 e. The van der Waals surface area contributed by atoms with Crippen molar-refractivity contribution in [3.8, 4) is 5.75 Å². The minimum absolute atomic E-state index is 0.104. The van der Waals surface area contributed by atoms with Crippen molar-refractivity contribution in [2.45, 2.75) is 19.9 Å². The van der Waals surface area contributed by atoms with Crippen LogP contribution < -0.4 is 10.5 Å². The molecule has 0 saturated heterocycles. The third kappa shape index (κ3) is 5.18. The largest absolute Gasteiger partial charge is 0.492 e. The van der Waals surface area contributed by atoms with Gasteiger partial charge < -0.3 is 10.5 Å². The second kappa shape index (κ2) is 7.33. The van der Waals surface area contributed by atoms with E-state index in [2.05, 4.69) is 0 Å². The Morgan fingerprint density at radius 3 is 2.58 bits per heavy atom. The van der Waals surface area contributed by atoms with Crippen LogP contribution in [0.25, 0.3) is 0 Å². The Balaban J connectivity index is 2.63. The molecule has 0 atom stereocenters. The van der Waals surface area contributed by atoms with Crippen LogP contribution in [0.5, 0.6) is 5.75 Å². The summed E-state index contributed by atoms with van der Waals surface area (Å²) in [5.74, 6) is 0.720. The first-order chi connectivity index (χ1) is 8.89. The molecule has 1 rings (SSSR count). The summed E-state index contributed by atoms with van der Waals surface area (Å²) in [6.07, 6.45) is 0.416. The van der Waals surface area contributed by atoms with E-state index in [1.165, 1.54) is 0 Å². The van der Waals surface area contributed by atoms with Gasteiger partial charge in [-0.3, -0.25) is 0 Å². The van der Waals surface area contributed by atoms with E-state index in [0.717, 1.165) is 0 Å². The first kappa shape index (κ1) is 16.6. The Kier molecular flexibility index (Phi) is 6.39. The highest BCUT2D eigenvalue weighted by atomic mass is 35.5. The molecule has 0 aliphatic carbocycles. The Labute approximate surface area is 123 Å². The molecule has 1 aromatic carbocycles. The van der Waals surface area contributed by atoms with Crippen molar-refractivity contribution < 1.29 is 13.2 Å². The Morgan fingerprint density at radius 2 is 2.00 bits per heavy atom. The van der Waals surface area contributed by atoms with Crippen LogP contribution in [0.1, 0.15) is 18.9 Å². The maximum Gasteiger partial charge on any atom is 0.150 e. The molecule has 0 unspecified atom stereocenters. The van der Waals surface area contributed by atoms with Crippen LogP contribution in [0, 0.1) is 0 Å². The second-order valence-electron chi connectivity index (χ2n) is 4.02. The van der Waals surface area contributed by atoms with Gasteiger partial charge in [0.2, 0.25) is 0 Å². The molecule has 2 N–H and O–H groups in total. The molecule has 0 amide bonds. The Morgan fingerprint density at radius 1 is 1.32 bits per heavy atom. The molecule has 0 heterocycles. The normalized spacial score (nSPS) is 11.6. The smallest absolute Gasteiger partial charge is 0.150 e. The molecule has 0 aliphatic rings. The third-order valence-corrected chi connectivity index (χ3v) is 4.88. The molecule has 0 bridgehead atoms. The summed E-state index contributed by atoms with van der Waals surface area (Å²) in [4.78, 5) is 0. The molecule has 0 saturated carbocycles. The van der Waals surface area contributed by atoms with Crippen molar-refractivity contribution in [3.05, 3.63) is 27.7 Å². The van der Waals surface area contributed by atoms with E-state index >= 15 is 0 Å². The van der Waals surface area contributed by atoms with Crippen molar-refractivity contribution >= 4 is 33.0 Å². The van der Waals surface area contributed by atoms with Gasteiger partial charge in [0, 0.05) is 22.9 Å². The lowest BCUT2D eigenvalue weighted by Crippen LogP contribution is -2.12. The number of hydrogen-bond acceptors (Lipinski definition) is 4. The average Bonchev–Trinajstić information content (AvgIpc) is 2.35. The summed E-state index contributed by atoms with van der Waals surface area (Å²) in [5, 5.41) is 0.873. The maximum atomic E-state index is 11.3. The fourth-order valence-corrected chi connectivity index (χ4v) is 2.96. The van der Waals surface area contributed by atoms with E-state index in [1.54, 1.807) is 19.1 Å². The highest BCUT2D eigenvalue weighted by molar-refractivity contribution is 7.91. The van der Waals surface area contributed by atoms with E-state index in [4.69, 9.17) is 33.7 Å². The standard InChI is InChI=1S/C12H17Cl2NO3S/c1-2-19(16,17)5-3-4-18-12-9(8-15)6-10(13)7-11(12)14/h6-7H,2-5,8,15H2,1H3. The van der Waals surface area contributed by atoms with Gasteiger partial charge in [-0.1, -0.05) is 30.1 Å². The van der Waals surface area contributed by atoms with E-state index in [9.17, 15) is 8.42 Å². The van der Waals surface area contributed by atoms with Crippen LogP contribution in [0.3, 0.4) is 0 Å². The minimum atomic E-state index is -2.97. The predicted octanol–water partition coefficient (Wildman–Crippen LogP) is 2.66. The lowest BCUT2D eigenvalue weighted by atomic mass is 10.2. The molecule has 1 aromatic rings. The summed E-state index contributed by atoms with van der Waals surface area (Å²) in [6.45, 7) is 2.15. The fourth-order valence-electron chi connectivity index (χ4n) is 1.52. The van der Waals surface area contributed by atoms with Gasteiger partial charge in [0.05, 0.1) is 17.4 Å². The molecule has 0 radical (unpaired) electrons. The number of rotatable bonds is 7. The van der Waals surface area contributed by atoms with Gasteiger partial charge >= 0.3 is 0 Å². The summed E-state index contributed by atoms with van der Waals surface area (Å²) in [5.41, 5.74) is 6.29. The van der Waals surface area contributed by atoms with E-state index in [-0.39, 0.29) is 24.7 Å². The average molecular weight is 326 g/mol. The van der Waals surface area contributed by atoms with Gasteiger partial charge in [-0.25, -0.2) is 8.42 Å². The Bertz CT molecular complexity index is 532. The zero-order valence-electron chi connectivity index (χ0n) is 10.7. The SMILES string of the molecule is CCS(=O)(=O)CCCOc1c(Cl)cc(Cl)cc1CN. The zero-order valence-corrected chi connectivity index (χ0v) is 13.0. The molecular weight excluding hydrogens is 309 g/mol. The highest BCUT2D eigenvalue weighted by Crippen LogP contribution is 2.32. The van der Waals surface area contributed by atoms with E-state index < -0.39 is 9.84 Å². The van der Waals surface area contributed by atoms with Crippen molar-refractivity contribution in [3.63, 3.8) is 0 Å². The van der Waals surface area contributed by atoms with Crippen LogP contribution in [0.15, 0.2) is 12.1 Å². The zero-order chi connectivity index (χ0) is 14.5. The van der Waals surface area contributed by atoms with E-state index in [0.29, 0.717) is 27.8 Å². The van der Waals surface area contributed by atoms with Crippen molar-refractivity contribution in [2.24, 2.45) is 5.73 Å². The fraction of sp³-hybridized carbons (Fsp3) is 0.500. The number of sulfone groups is 1. The highest BCUT2D eigenvalue weighted by Gasteiger charge is 2.11. The monoisotopic (exact) mass is 325 g/mol. The van der Waals surface area contributed by atoms with Gasteiger partial charge in [-0.2, -0.15) is 0 Å². The van der Waals surface area contributed by atoms with Gasteiger partial charge in [-0.15, -0.1) is 0 Å². The predicted molar refractivity (Wildman–Crippen MR) is 78.8 cm³/mol. The number of nitrogens with two attached hydrogens (primary N) is 1.